The molecule has 2 aliphatic heterocycles. The van der Waals surface area contributed by atoms with Crippen LogP contribution in [0.25, 0.3) is 0 Å². The Bertz CT molecular complexity index is 904. The van der Waals surface area contributed by atoms with Crippen molar-refractivity contribution in [1.82, 2.24) is 8.61 Å². The fourth-order valence-electron chi connectivity index (χ4n) is 2.53. The first-order chi connectivity index (χ1) is 15.5. The van der Waals surface area contributed by atoms with E-state index in [0.717, 1.165) is 12.8 Å². The molecule has 0 bridgehead atoms. The normalized spacial score (nSPS) is 16.1. The summed E-state index contributed by atoms with van der Waals surface area (Å²) in [5, 5.41) is 16.5. The summed E-state index contributed by atoms with van der Waals surface area (Å²) in [7, 11) is -9.33. The van der Waals surface area contributed by atoms with Gasteiger partial charge in [-0.05, 0) is 12.8 Å². The lowest BCUT2D eigenvalue weighted by Crippen LogP contribution is -2.34. The number of amides is 4. The minimum atomic E-state index is -4.67. The van der Waals surface area contributed by atoms with Gasteiger partial charge in [0.15, 0.2) is 0 Å². The van der Waals surface area contributed by atoms with Crippen LogP contribution in [0.2, 0.25) is 0 Å². The summed E-state index contributed by atoms with van der Waals surface area (Å²) in [5.74, 6) is -5.08. The Hall–Kier alpha value is -2.96. The van der Waals surface area contributed by atoms with Crippen LogP contribution in [0.4, 0.5) is 0 Å². The molecule has 0 saturated carbocycles. The molecule has 34 heavy (non-hydrogen) atoms. The van der Waals surface area contributed by atoms with Crippen LogP contribution >= 0.6 is 0 Å². The molecule has 2 rings (SSSR count). The Labute approximate surface area is 194 Å². The van der Waals surface area contributed by atoms with Gasteiger partial charge in [-0.1, -0.05) is 12.8 Å². The molecule has 0 atom stereocenters. The molecule has 2 saturated heterocycles. The molecule has 2 fully saturated rings. The fourth-order valence-corrected chi connectivity index (χ4v) is 3.93. The number of carboxylic acid groups (broad SMARTS) is 2. The van der Waals surface area contributed by atoms with E-state index in [1.807, 2.05) is 0 Å². The maximum atomic E-state index is 10.6. The van der Waals surface area contributed by atoms with Crippen molar-refractivity contribution in [2.75, 3.05) is 0 Å². The average molecular weight is 533 g/mol. The molecule has 16 nitrogen and oxygen atoms in total. The molecule has 2 heterocycles. The Balaban J connectivity index is 0.000000481. The smallest absolute Gasteiger partial charge is 0.368 e. The third-order valence-corrected chi connectivity index (χ3v) is 5.74. The van der Waals surface area contributed by atoms with Crippen molar-refractivity contribution in [2.24, 2.45) is 0 Å². The average Bonchev–Trinajstić information content (AvgIpc) is 3.18. The van der Waals surface area contributed by atoms with Crippen molar-refractivity contribution < 1.29 is 64.9 Å². The summed E-state index contributed by atoms with van der Waals surface area (Å²) in [6.45, 7) is 0. The van der Waals surface area contributed by atoms with Gasteiger partial charge >= 0.3 is 32.5 Å². The zero-order chi connectivity index (χ0) is 26.7. The fraction of sp³-hybridized carbons (Fsp3) is 0.625. The Kier molecular flexibility index (Phi) is 12.5. The molecule has 0 spiro atoms. The van der Waals surface area contributed by atoms with Crippen LogP contribution in [0.15, 0.2) is 0 Å². The molecular weight excluding hydrogens is 508 g/mol. The third kappa shape index (κ3) is 11.8. The number of imide groups is 2. The number of carbonyl (C=O) groups excluding carboxylic acids is 4. The predicted octanol–water partition coefficient (Wildman–Crippen LogP) is -0.627. The SMILES string of the molecule is O=C(O)CCCCCCC(=O)O.O=C1CCC(=O)N1S(=O)(=O)O.O=C1CCC(=O)N1S(=O)(=O)O. The molecule has 0 aromatic heterocycles. The predicted molar refractivity (Wildman–Crippen MR) is 108 cm³/mol. The molecule has 4 amide bonds. The van der Waals surface area contributed by atoms with Gasteiger partial charge in [0.05, 0.1) is 0 Å². The minimum Gasteiger partial charge on any atom is -0.481 e. The highest BCUT2D eigenvalue weighted by Crippen LogP contribution is 2.15. The molecular formula is C16H24N2O14S2. The molecule has 0 aromatic rings. The van der Waals surface area contributed by atoms with Gasteiger partial charge in [-0.15, -0.1) is 0 Å². The summed E-state index contributed by atoms with van der Waals surface area (Å²) in [6.07, 6.45) is 2.66. The highest BCUT2D eigenvalue weighted by molar-refractivity contribution is 7.84. The van der Waals surface area contributed by atoms with Crippen LogP contribution in [0.1, 0.15) is 64.2 Å². The number of nitrogens with zero attached hydrogens (tertiary/aromatic N) is 2. The molecule has 194 valence electrons. The van der Waals surface area contributed by atoms with E-state index in [1.165, 1.54) is 0 Å². The molecule has 2 aliphatic rings. The Morgan fingerprint density at radius 1 is 0.588 bits per heavy atom. The molecule has 0 unspecified atom stereocenters. The molecule has 0 radical (unpaired) electrons. The van der Waals surface area contributed by atoms with Crippen LogP contribution in [0.5, 0.6) is 0 Å². The van der Waals surface area contributed by atoms with Crippen molar-refractivity contribution in [3.8, 4) is 0 Å². The van der Waals surface area contributed by atoms with Crippen LogP contribution in [-0.2, 0) is 49.4 Å². The lowest BCUT2D eigenvalue weighted by Gasteiger charge is -2.06. The topological polar surface area (TPSA) is 258 Å². The summed E-state index contributed by atoms with van der Waals surface area (Å²) in [6, 6.07) is 0. The van der Waals surface area contributed by atoms with E-state index in [-0.39, 0.29) is 47.1 Å². The van der Waals surface area contributed by atoms with Crippen molar-refractivity contribution in [1.29, 1.82) is 0 Å². The van der Waals surface area contributed by atoms with E-state index in [2.05, 4.69) is 0 Å². The van der Waals surface area contributed by atoms with Crippen molar-refractivity contribution >= 4 is 56.2 Å². The largest absolute Gasteiger partial charge is 0.481 e. The first-order valence-corrected chi connectivity index (χ1v) is 12.4. The molecule has 0 aliphatic carbocycles. The monoisotopic (exact) mass is 532 g/mol. The number of hydrogen-bond donors (Lipinski definition) is 4. The maximum absolute atomic E-state index is 10.6. The summed E-state index contributed by atoms with van der Waals surface area (Å²) in [4.78, 5) is 62.5. The molecule has 4 N–H and O–H groups in total. The van der Waals surface area contributed by atoms with Gasteiger partial charge in [-0.2, -0.15) is 25.4 Å². The number of hydrogen-bond acceptors (Lipinski definition) is 10. The van der Waals surface area contributed by atoms with Crippen LogP contribution < -0.4 is 0 Å². The lowest BCUT2D eigenvalue weighted by atomic mass is 10.1. The van der Waals surface area contributed by atoms with Gasteiger partial charge in [0.2, 0.25) is 23.6 Å². The summed E-state index contributed by atoms with van der Waals surface area (Å²) < 4.78 is 57.6. The Morgan fingerprint density at radius 3 is 0.971 bits per heavy atom. The van der Waals surface area contributed by atoms with Gasteiger partial charge in [0.25, 0.3) is 0 Å². The molecule has 0 aromatic carbocycles. The van der Waals surface area contributed by atoms with Gasteiger partial charge in [0, 0.05) is 38.5 Å². The first kappa shape index (κ1) is 31.0. The number of carboxylic acids is 2. The second-order valence-electron chi connectivity index (χ2n) is 6.76. The van der Waals surface area contributed by atoms with Crippen LogP contribution in [0, 0.1) is 0 Å². The first-order valence-electron chi connectivity index (χ1n) is 9.58. The van der Waals surface area contributed by atoms with E-state index in [1.54, 1.807) is 0 Å². The summed E-state index contributed by atoms with van der Waals surface area (Å²) >= 11 is 0. The second-order valence-corrected chi connectivity index (χ2v) is 9.28. The zero-order valence-electron chi connectivity index (χ0n) is 17.7. The van der Waals surface area contributed by atoms with E-state index in [9.17, 15) is 45.6 Å². The zero-order valence-corrected chi connectivity index (χ0v) is 19.3. The van der Waals surface area contributed by atoms with Crippen LogP contribution in [-0.4, -0.2) is 80.3 Å². The Morgan fingerprint density at radius 2 is 0.824 bits per heavy atom. The van der Waals surface area contributed by atoms with Crippen molar-refractivity contribution in [3.05, 3.63) is 0 Å². The van der Waals surface area contributed by atoms with Crippen molar-refractivity contribution in [2.45, 2.75) is 64.2 Å². The number of rotatable bonds is 9. The van der Waals surface area contributed by atoms with Crippen LogP contribution in [0.3, 0.4) is 0 Å². The highest BCUT2D eigenvalue weighted by Gasteiger charge is 2.38. The third-order valence-electron chi connectivity index (χ3n) is 4.00. The molecule has 18 heteroatoms. The van der Waals surface area contributed by atoms with Gasteiger partial charge in [-0.3, -0.25) is 37.9 Å². The van der Waals surface area contributed by atoms with Crippen molar-refractivity contribution in [3.63, 3.8) is 0 Å². The summed E-state index contributed by atoms with van der Waals surface area (Å²) in [5.41, 5.74) is 0. The van der Waals surface area contributed by atoms with Gasteiger partial charge in [-0.25, -0.2) is 0 Å². The number of carbonyl (C=O) groups is 6. The van der Waals surface area contributed by atoms with Gasteiger partial charge < -0.3 is 10.2 Å². The maximum Gasteiger partial charge on any atom is 0.368 e. The van der Waals surface area contributed by atoms with E-state index >= 15 is 0 Å². The standard InChI is InChI=1S/C8H14O4.2C4H5NO5S/c9-7(10)5-3-1-2-4-6-8(11)12;2*6-3-1-2-4(7)5(3)11(8,9)10/h1-6H2,(H,9,10)(H,11,12);2*1-2H2,(H,8,9,10). The highest BCUT2D eigenvalue weighted by atomic mass is 32.2. The number of unbranched alkanes of at least 4 members (excludes halogenated alkanes) is 3. The van der Waals surface area contributed by atoms with Gasteiger partial charge in [0.1, 0.15) is 0 Å². The quantitative estimate of drug-likeness (QED) is 0.164. The minimum absolute atomic E-state index is 0.118. The van der Waals surface area contributed by atoms with E-state index in [0.29, 0.717) is 12.8 Å². The van der Waals surface area contributed by atoms with E-state index < -0.39 is 56.2 Å². The van der Waals surface area contributed by atoms with E-state index in [4.69, 9.17) is 19.3 Å². The second kappa shape index (κ2) is 13.7. The lowest BCUT2D eigenvalue weighted by molar-refractivity contribution is -0.138. The number of aliphatic carboxylic acids is 2.